The molecule has 0 aromatic rings. The molecule has 3 heterocycles. The Hall–Kier alpha value is -1.36. The minimum absolute atomic E-state index is 0.194. The van der Waals surface area contributed by atoms with Crippen molar-refractivity contribution < 1.29 is 31.2 Å². The molecule has 0 saturated carbocycles. The highest BCUT2D eigenvalue weighted by Crippen LogP contribution is 2.40. The molecule has 0 aromatic carbocycles. The van der Waals surface area contributed by atoms with E-state index in [9.17, 15) is 31.2 Å². The van der Waals surface area contributed by atoms with E-state index in [1.54, 1.807) is 0 Å². The van der Waals surface area contributed by atoms with E-state index in [1.165, 1.54) is 4.90 Å². The van der Waals surface area contributed by atoms with Crippen molar-refractivity contribution in [3.05, 3.63) is 0 Å². The summed E-state index contributed by atoms with van der Waals surface area (Å²) in [7, 11) is -4.54. The van der Waals surface area contributed by atoms with Crippen molar-refractivity contribution in [1.82, 2.24) is 14.5 Å². The molecule has 1 N–H and O–H groups in total. The molecule has 0 aromatic heterocycles. The number of rotatable bonds is 2. The summed E-state index contributed by atoms with van der Waals surface area (Å²) in [5.41, 5.74) is 0. The van der Waals surface area contributed by atoms with Crippen LogP contribution in [0.1, 0.15) is 6.42 Å². The van der Waals surface area contributed by atoms with Crippen molar-refractivity contribution in [3.63, 3.8) is 0 Å². The Morgan fingerprint density at radius 2 is 1.95 bits per heavy atom. The largest absolute Gasteiger partial charge is 0.404 e. The van der Waals surface area contributed by atoms with Gasteiger partial charge in [0.1, 0.15) is 6.04 Å². The van der Waals surface area contributed by atoms with Crippen LogP contribution in [0.15, 0.2) is 0 Å². The van der Waals surface area contributed by atoms with Crippen molar-refractivity contribution in [3.8, 4) is 0 Å². The van der Waals surface area contributed by atoms with Gasteiger partial charge in [0.2, 0.25) is 10.0 Å². The summed E-state index contributed by atoms with van der Waals surface area (Å²) in [6, 6.07) is -3.07. The van der Waals surface area contributed by atoms with Crippen LogP contribution in [-0.2, 0) is 14.8 Å². The molecular formula is C9H10F3N3O4S. The number of alkyl halides is 3. The van der Waals surface area contributed by atoms with Crippen LogP contribution >= 0.6 is 0 Å². The Morgan fingerprint density at radius 3 is 2.55 bits per heavy atom. The van der Waals surface area contributed by atoms with Crippen LogP contribution in [0.4, 0.5) is 18.0 Å². The van der Waals surface area contributed by atoms with Gasteiger partial charge in [0, 0.05) is 12.6 Å². The van der Waals surface area contributed by atoms with Gasteiger partial charge in [-0.2, -0.15) is 17.5 Å². The molecule has 3 saturated heterocycles. The third-order valence-electron chi connectivity index (χ3n) is 3.77. The number of fused-ring (bicyclic) bond motifs is 5. The van der Waals surface area contributed by atoms with Crippen molar-refractivity contribution >= 4 is 22.0 Å². The molecule has 11 heteroatoms. The number of carbonyl (C=O) groups is 2. The van der Waals surface area contributed by atoms with E-state index in [4.69, 9.17) is 0 Å². The van der Waals surface area contributed by atoms with E-state index in [2.05, 4.69) is 0 Å². The third kappa shape index (κ3) is 1.87. The van der Waals surface area contributed by atoms with Crippen molar-refractivity contribution in [1.29, 1.82) is 0 Å². The lowest BCUT2D eigenvalue weighted by Crippen LogP contribution is -2.55. The molecule has 3 rings (SSSR count). The van der Waals surface area contributed by atoms with Crippen LogP contribution in [-0.4, -0.2) is 66.2 Å². The number of nitrogens with zero attached hydrogens (tertiary/aromatic N) is 2. The second kappa shape index (κ2) is 3.85. The number of imide groups is 1. The predicted octanol–water partition coefficient (Wildman–Crippen LogP) is -0.745. The first-order valence-electron chi connectivity index (χ1n) is 5.79. The first-order valence-corrected chi connectivity index (χ1v) is 7.40. The maximum atomic E-state index is 12.3. The van der Waals surface area contributed by atoms with Crippen LogP contribution in [0.3, 0.4) is 0 Å². The summed E-state index contributed by atoms with van der Waals surface area (Å²) >= 11 is 0. The monoisotopic (exact) mass is 313 g/mol. The van der Waals surface area contributed by atoms with Crippen molar-refractivity contribution in [2.75, 3.05) is 12.3 Å². The Kier molecular flexibility index (Phi) is 2.62. The summed E-state index contributed by atoms with van der Waals surface area (Å²) < 4.78 is 61.2. The summed E-state index contributed by atoms with van der Waals surface area (Å²) in [6.45, 7) is -0.194. The number of hydrogen-bond acceptors (Lipinski definition) is 4. The number of halogens is 3. The molecule has 0 radical (unpaired) electrons. The molecule has 3 unspecified atom stereocenters. The van der Waals surface area contributed by atoms with Gasteiger partial charge in [0.15, 0.2) is 5.75 Å². The first kappa shape index (κ1) is 13.6. The lowest BCUT2D eigenvalue weighted by atomic mass is 10.1. The second-order valence-corrected chi connectivity index (χ2v) is 6.97. The SMILES string of the molecule is O=C1NC(=O)N2C3CC(C12)N(S(=O)(=O)CC(F)(F)F)C3. The zero-order chi connectivity index (χ0) is 14.9. The van der Waals surface area contributed by atoms with Crippen molar-refractivity contribution in [2.45, 2.75) is 30.7 Å². The number of urea groups is 1. The summed E-state index contributed by atoms with van der Waals surface area (Å²) in [4.78, 5) is 24.3. The number of sulfonamides is 1. The molecule has 3 amide bonds. The molecule has 0 spiro atoms. The van der Waals surface area contributed by atoms with Crippen LogP contribution in [0.2, 0.25) is 0 Å². The smallest absolute Gasteiger partial charge is 0.306 e. The van der Waals surface area contributed by atoms with Crippen LogP contribution in [0.5, 0.6) is 0 Å². The maximum absolute atomic E-state index is 12.3. The average Bonchev–Trinajstić information content (AvgIpc) is 2.87. The van der Waals surface area contributed by atoms with E-state index in [-0.39, 0.29) is 13.0 Å². The van der Waals surface area contributed by atoms with Crippen LogP contribution < -0.4 is 5.32 Å². The molecule has 3 fully saturated rings. The molecule has 112 valence electrons. The van der Waals surface area contributed by atoms with E-state index in [0.29, 0.717) is 4.31 Å². The van der Waals surface area contributed by atoms with Gasteiger partial charge >= 0.3 is 12.2 Å². The quantitative estimate of drug-likeness (QED) is 0.680. The Bertz CT molecular complexity index is 590. The zero-order valence-electron chi connectivity index (χ0n) is 9.92. The van der Waals surface area contributed by atoms with Gasteiger partial charge in [-0.25, -0.2) is 13.2 Å². The number of amides is 3. The third-order valence-corrected chi connectivity index (χ3v) is 5.59. The molecule has 0 aliphatic carbocycles. The van der Waals surface area contributed by atoms with E-state index in [1.807, 2.05) is 5.32 Å². The number of piperazine rings is 1. The molecule has 20 heavy (non-hydrogen) atoms. The van der Waals surface area contributed by atoms with Gasteiger partial charge in [-0.3, -0.25) is 10.1 Å². The minimum atomic E-state index is -4.84. The number of nitrogens with one attached hydrogen (secondary N) is 1. The average molecular weight is 313 g/mol. The minimum Gasteiger partial charge on any atom is -0.306 e. The molecule has 3 aliphatic heterocycles. The summed E-state index contributed by atoms with van der Waals surface area (Å²) in [5, 5.41) is 2.04. The zero-order valence-corrected chi connectivity index (χ0v) is 10.7. The van der Waals surface area contributed by atoms with E-state index in [0.717, 1.165) is 0 Å². The number of carbonyl (C=O) groups excluding carboxylic acids is 2. The standard InChI is InChI=1S/C9H10F3N3O4S/c10-9(11,12)3-20(18,19)14-2-4-1-5(14)6-7(16)13-8(17)15(4)6/h4-6H,1-3H2,(H,13,16,17). The fourth-order valence-corrected chi connectivity index (χ4v) is 4.75. The highest BCUT2D eigenvalue weighted by atomic mass is 32.2. The topological polar surface area (TPSA) is 86.8 Å². The highest BCUT2D eigenvalue weighted by Gasteiger charge is 2.62. The lowest BCUT2D eigenvalue weighted by Gasteiger charge is -2.34. The van der Waals surface area contributed by atoms with Gasteiger partial charge in [-0.1, -0.05) is 0 Å². The molecule has 2 bridgehead atoms. The number of hydrogen-bond donors (Lipinski definition) is 1. The molecule has 3 aliphatic rings. The molecule has 3 atom stereocenters. The van der Waals surface area contributed by atoms with Crippen LogP contribution in [0, 0.1) is 0 Å². The predicted molar refractivity (Wildman–Crippen MR) is 57.9 cm³/mol. The molecular weight excluding hydrogens is 303 g/mol. The van der Waals surface area contributed by atoms with Crippen molar-refractivity contribution in [2.24, 2.45) is 0 Å². The fourth-order valence-electron chi connectivity index (χ4n) is 3.16. The highest BCUT2D eigenvalue weighted by molar-refractivity contribution is 7.89. The maximum Gasteiger partial charge on any atom is 0.404 e. The first-order chi connectivity index (χ1) is 9.10. The Morgan fingerprint density at radius 1 is 1.30 bits per heavy atom. The van der Waals surface area contributed by atoms with E-state index < -0.39 is 52.0 Å². The van der Waals surface area contributed by atoms with Gasteiger partial charge < -0.3 is 4.90 Å². The Labute approximate surface area is 111 Å². The molecule has 7 nitrogen and oxygen atoms in total. The fraction of sp³-hybridized carbons (Fsp3) is 0.778. The van der Waals surface area contributed by atoms with E-state index >= 15 is 0 Å². The van der Waals surface area contributed by atoms with Gasteiger partial charge in [0.05, 0.1) is 6.04 Å². The van der Waals surface area contributed by atoms with Gasteiger partial charge in [-0.15, -0.1) is 0 Å². The Balaban J connectivity index is 1.87. The summed E-state index contributed by atoms with van der Waals surface area (Å²) in [6.07, 6.45) is -4.64. The second-order valence-electron chi connectivity index (χ2n) is 5.04. The normalized spacial score (nSPS) is 33.8. The van der Waals surface area contributed by atoms with Crippen LogP contribution in [0.25, 0.3) is 0 Å². The lowest BCUT2D eigenvalue weighted by molar-refractivity contribution is -0.122. The van der Waals surface area contributed by atoms with Gasteiger partial charge in [-0.05, 0) is 6.42 Å². The van der Waals surface area contributed by atoms with Gasteiger partial charge in [0.25, 0.3) is 5.91 Å². The summed E-state index contributed by atoms with van der Waals surface area (Å²) in [5.74, 6) is -2.61.